The van der Waals surface area contributed by atoms with Gasteiger partial charge in [-0.15, -0.1) is 11.3 Å². The zero-order chi connectivity index (χ0) is 10.7. The SMILES string of the molecule is CCCc1cnc(-c2cccc(N)n2)s1. The molecular formula is C11H13N3S. The van der Waals surface area contributed by atoms with Gasteiger partial charge in [0.25, 0.3) is 0 Å². The minimum Gasteiger partial charge on any atom is -0.384 e. The van der Waals surface area contributed by atoms with Gasteiger partial charge in [0.05, 0.1) is 0 Å². The summed E-state index contributed by atoms with van der Waals surface area (Å²) in [6.07, 6.45) is 4.15. The molecular weight excluding hydrogens is 206 g/mol. The van der Waals surface area contributed by atoms with Crippen LogP contribution in [0.15, 0.2) is 24.4 Å². The zero-order valence-electron chi connectivity index (χ0n) is 8.60. The summed E-state index contributed by atoms with van der Waals surface area (Å²) in [4.78, 5) is 9.89. The maximum atomic E-state index is 5.63. The Bertz CT molecular complexity index is 451. The van der Waals surface area contributed by atoms with Gasteiger partial charge in [-0.05, 0) is 18.6 Å². The Labute approximate surface area is 93.0 Å². The highest BCUT2D eigenvalue weighted by Crippen LogP contribution is 2.24. The lowest BCUT2D eigenvalue weighted by Crippen LogP contribution is -1.90. The first kappa shape index (κ1) is 10.1. The van der Waals surface area contributed by atoms with Crippen LogP contribution in [-0.2, 0) is 6.42 Å². The van der Waals surface area contributed by atoms with Crippen molar-refractivity contribution in [2.75, 3.05) is 5.73 Å². The number of nitrogens with two attached hydrogens (primary N) is 1. The maximum Gasteiger partial charge on any atom is 0.142 e. The highest BCUT2D eigenvalue weighted by atomic mass is 32.1. The number of pyridine rings is 1. The van der Waals surface area contributed by atoms with Crippen LogP contribution in [0.5, 0.6) is 0 Å². The molecule has 0 aliphatic heterocycles. The standard InChI is InChI=1S/C11H13N3S/c1-2-4-8-7-13-11(15-8)9-5-3-6-10(12)14-9/h3,5-7H,2,4H2,1H3,(H2,12,14). The first-order chi connectivity index (χ1) is 7.29. The first-order valence-corrected chi connectivity index (χ1v) is 5.79. The fourth-order valence-electron chi connectivity index (χ4n) is 1.36. The van der Waals surface area contributed by atoms with E-state index in [9.17, 15) is 0 Å². The number of nitrogen functional groups attached to an aromatic ring is 1. The molecule has 0 aromatic carbocycles. The van der Waals surface area contributed by atoms with Crippen LogP contribution in [0.2, 0.25) is 0 Å². The second-order valence-electron chi connectivity index (χ2n) is 3.33. The maximum absolute atomic E-state index is 5.63. The van der Waals surface area contributed by atoms with E-state index in [0.717, 1.165) is 23.5 Å². The van der Waals surface area contributed by atoms with Crippen LogP contribution < -0.4 is 5.73 Å². The third-order valence-corrected chi connectivity index (χ3v) is 3.12. The van der Waals surface area contributed by atoms with Crippen LogP contribution in [-0.4, -0.2) is 9.97 Å². The second-order valence-corrected chi connectivity index (χ2v) is 4.44. The summed E-state index contributed by atoms with van der Waals surface area (Å²) >= 11 is 1.69. The molecule has 0 spiro atoms. The van der Waals surface area contributed by atoms with E-state index in [1.54, 1.807) is 17.4 Å². The molecule has 0 aliphatic rings. The lowest BCUT2D eigenvalue weighted by atomic mass is 10.3. The fourth-order valence-corrected chi connectivity index (χ4v) is 2.34. The molecule has 15 heavy (non-hydrogen) atoms. The molecule has 4 heteroatoms. The third-order valence-electron chi connectivity index (χ3n) is 2.04. The average Bonchev–Trinajstić information content (AvgIpc) is 2.67. The molecule has 2 N–H and O–H groups in total. The van der Waals surface area contributed by atoms with Crippen molar-refractivity contribution in [3.8, 4) is 10.7 Å². The number of nitrogens with zero attached hydrogens (tertiary/aromatic N) is 2. The largest absolute Gasteiger partial charge is 0.384 e. The number of hydrogen-bond donors (Lipinski definition) is 1. The molecule has 2 heterocycles. The highest BCUT2D eigenvalue weighted by molar-refractivity contribution is 7.15. The van der Waals surface area contributed by atoms with Gasteiger partial charge in [-0.1, -0.05) is 19.4 Å². The average molecular weight is 219 g/mol. The predicted octanol–water partition coefficient (Wildman–Crippen LogP) is 2.74. The summed E-state index contributed by atoms with van der Waals surface area (Å²) in [7, 11) is 0. The van der Waals surface area contributed by atoms with Gasteiger partial charge in [-0.25, -0.2) is 9.97 Å². The number of aryl methyl sites for hydroxylation is 1. The predicted molar refractivity (Wildman–Crippen MR) is 63.8 cm³/mol. The summed E-state index contributed by atoms with van der Waals surface area (Å²) in [5.74, 6) is 0.541. The highest BCUT2D eigenvalue weighted by Gasteiger charge is 2.05. The lowest BCUT2D eigenvalue weighted by molar-refractivity contribution is 0.936. The molecule has 2 rings (SSSR count). The van der Waals surface area contributed by atoms with E-state index in [-0.39, 0.29) is 0 Å². The smallest absolute Gasteiger partial charge is 0.142 e. The van der Waals surface area contributed by atoms with E-state index < -0.39 is 0 Å². The van der Waals surface area contributed by atoms with Crippen molar-refractivity contribution in [1.29, 1.82) is 0 Å². The van der Waals surface area contributed by atoms with Gasteiger partial charge in [0.2, 0.25) is 0 Å². The van der Waals surface area contributed by atoms with Crippen molar-refractivity contribution in [2.45, 2.75) is 19.8 Å². The number of rotatable bonds is 3. The molecule has 2 aromatic heterocycles. The summed E-state index contributed by atoms with van der Waals surface area (Å²) in [5.41, 5.74) is 6.49. The van der Waals surface area contributed by atoms with Crippen LogP contribution >= 0.6 is 11.3 Å². The van der Waals surface area contributed by atoms with Crippen LogP contribution in [0, 0.1) is 0 Å². The van der Waals surface area contributed by atoms with Crippen molar-refractivity contribution in [2.24, 2.45) is 0 Å². The van der Waals surface area contributed by atoms with Crippen molar-refractivity contribution in [3.63, 3.8) is 0 Å². The Morgan fingerprint density at radius 1 is 1.40 bits per heavy atom. The first-order valence-electron chi connectivity index (χ1n) is 4.97. The minimum atomic E-state index is 0.541. The number of anilines is 1. The molecule has 0 amide bonds. The molecule has 0 radical (unpaired) electrons. The van der Waals surface area contributed by atoms with E-state index in [2.05, 4.69) is 16.9 Å². The molecule has 0 saturated heterocycles. The van der Waals surface area contributed by atoms with Crippen molar-refractivity contribution in [3.05, 3.63) is 29.3 Å². The topological polar surface area (TPSA) is 51.8 Å². The van der Waals surface area contributed by atoms with Gasteiger partial charge >= 0.3 is 0 Å². The molecule has 0 saturated carbocycles. The fraction of sp³-hybridized carbons (Fsp3) is 0.273. The Hall–Kier alpha value is -1.42. The van der Waals surface area contributed by atoms with Crippen LogP contribution in [0.1, 0.15) is 18.2 Å². The van der Waals surface area contributed by atoms with Crippen LogP contribution in [0.25, 0.3) is 10.7 Å². The Morgan fingerprint density at radius 2 is 2.27 bits per heavy atom. The van der Waals surface area contributed by atoms with Crippen molar-refractivity contribution >= 4 is 17.2 Å². The normalized spacial score (nSPS) is 10.5. The lowest BCUT2D eigenvalue weighted by Gasteiger charge is -1.96. The molecule has 0 bridgehead atoms. The Balaban J connectivity index is 2.29. The van der Waals surface area contributed by atoms with Crippen molar-refractivity contribution < 1.29 is 0 Å². The van der Waals surface area contributed by atoms with Gasteiger partial charge in [0, 0.05) is 11.1 Å². The number of hydrogen-bond acceptors (Lipinski definition) is 4. The van der Waals surface area contributed by atoms with Gasteiger partial charge in [-0.3, -0.25) is 0 Å². The monoisotopic (exact) mass is 219 g/mol. The number of aromatic nitrogens is 2. The molecule has 78 valence electrons. The Kier molecular flexibility index (Phi) is 2.97. The number of thiazole rings is 1. The van der Waals surface area contributed by atoms with E-state index in [0.29, 0.717) is 5.82 Å². The summed E-state index contributed by atoms with van der Waals surface area (Å²) in [6.45, 7) is 2.16. The third kappa shape index (κ3) is 2.33. The van der Waals surface area contributed by atoms with Gasteiger partial charge < -0.3 is 5.73 Å². The van der Waals surface area contributed by atoms with Gasteiger partial charge in [-0.2, -0.15) is 0 Å². The summed E-state index contributed by atoms with van der Waals surface area (Å²) in [5, 5.41) is 0.950. The summed E-state index contributed by atoms with van der Waals surface area (Å²) < 4.78 is 0. The van der Waals surface area contributed by atoms with Crippen molar-refractivity contribution in [1.82, 2.24) is 9.97 Å². The second kappa shape index (κ2) is 4.40. The minimum absolute atomic E-state index is 0.541. The van der Waals surface area contributed by atoms with E-state index in [1.807, 2.05) is 18.3 Å². The molecule has 0 fully saturated rings. The van der Waals surface area contributed by atoms with E-state index in [1.165, 1.54) is 4.88 Å². The molecule has 0 unspecified atom stereocenters. The van der Waals surface area contributed by atoms with Crippen LogP contribution in [0.3, 0.4) is 0 Å². The Morgan fingerprint density at radius 3 is 3.00 bits per heavy atom. The van der Waals surface area contributed by atoms with E-state index >= 15 is 0 Å². The van der Waals surface area contributed by atoms with Gasteiger partial charge in [0.1, 0.15) is 16.5 Å². The molecule has 0 atom stereocenters. The van der Waals surface area contributed by atoms with Gasteiger partial charge in [0.15, 0.2) is 0 Å². The quantitative estimate of drug-likeness (QED) is 0.863. The summed E-state index contributed by atoms with van der Waals surface area (Å²) in [6, 6.07) is 5.62. The molecule has 0 aliphatic carbocycles. The zero-order valence-corrected chi connectivity index (χ0v) is 9.42. The van der Waals surface area contributed by atoms with E-state index in [4.69, 9.17) is 5.73 Å². The molecule has 2 aromatic rings. The molecule has 3 nitrogen and oxygen atoms in total. The van der Waals surface area contributed by atoms with Crippen LogP contribution in [0.4, 0.5) is 5.82 Å².